The average molecular weight is 326 g/mol. The maximum atomic E-state index is 11.4. The van der Waals surface area contributed by atoms with Crippen LogP contribution in [0.15, 0.2) is 28.7 Å². The number of hydrogen-bond acceptors (Lipinski definition) is 2. The zero-order valence-corrected chi connectivity index (χ0v) is 12.8. The van der Waals surface area contributed by atoms with E-state index in [4.69, 9.17) is 0 Å². The molecule has 0 aliphatic carbocycles. The van der Waals surface area contributed by atoms with Gasteiger partial charge in [0.05, 0.1) is 0 Å². The number of likely N-dealkylation sites (tertiary alicyclic amines) is 1. The first-order valence-electron chi connectivity index (χ1n) is 6.88. The number of nitrogens with zero attached hydrogens (tertiary/aromatic N) is 1. The van der Waals surface area contributed by atoms with Crippen LogP contribution in [0.25, 0.3) is 0 Å². The summed E-state index contributed by atoms with van der Waals surface area (Å²) in [4.78, 5) is 13.6. The Morgan fingerprint density at radius 3 is 2.84 bits per heavy atom. The van der Waals surface area contributed by atoms with Gasteiger partial charge in [0.15, 0.2) is 0 Å². The van der Waals surface area contributed by atoms with Gasteiger partial charge in [-0.3, -0.25) is 9.69 Å². The first-order chi connectivity index (χ1) is 9.15. The minimum Gasteiger partial charge on any atom is -0.480 e. The van der Waals surface area contributed by atoms with Crippen molar-refractivity contribution in [3.05, 3.63) is 34.3 Å². The van der Waals surface area contributed by atoms with Gasteiger partial charge >= 0.3 is 5.97 Å². The number of piperidine rings is 1. The number of hydrogen-bond donors (Lipinski definition) is 1. The summed E-state index contributed by atoms with van der Waals surface area (Å²) in [5.41, 5.74) is 1.19. The van der Waals surface area contributed by atoms with Crippen LogP contribution in [0.2, 0.25) is 0 Å². The summed E-state index contributed by atoms with van der Waals surface area (Å²) in [5.74, 6) is -0.690. The van der Waals surface area contributed by atoms with E-state index in [9.17, 15) is 9.90 Å². The minimum absolute atomic E-state index is 0.178. The third kappa shape index (κ3) is 3.18. The van der Waals surface area contributed by atoms with Crippen LogP contribution in [-0.4, -0.2) is 28.6 Å². The molecule has 1 saturated heterocycles. The fourth-order valence-corrected chi connectivity index (χ4v) is 3.52. The van der Waals surface area contributed by atoms with Crippen molar-refractivity contribution in [2.24, 2.45) is 0 Å². The second-order valence-corrected chi connectivity index (χ2v) is 5.89. The first kappa shape index (κ1) is 14.5. The number of carbonyl (C=O) groups is 1. The van der Waals surface area contributed by atoms with Gasteiger partial charge in [-0.1, -0.05) is 47.5 Å². The lowest BCUT2D eigenvalue weighted by molar-refractivity contribution is -0.146. The van der Waals surface area contributed by atoms with Crippen molar-refractivity contribution in [1.29, 1.82) is 0 Å². The molecule has 0 spiro atoms. The van der Waals surface area contributed by atoms with Crippen molar-refractivity contribution in [2.75, 3.05) is 6.54 Å². The highest BCUT2D eigenvalue weighted by molar-refractivity contribution is 9.10. The van der Waals surface area contributed by atoms with Crippen LogP contribution in [0, 0.1) is 0 Å². The molecule has 0 bridgehead atoms. The zero-order chi connectivity index (χ0) is 13.8. The van der Waals surface area contributed by atoms with E-state index < -0.39 is 5.97 Å². The molecule has 19 heavy (non-hydrogen) atoms. The van der Waals surface area contributed by atoms with Gasteiger partial charge in [-0.05, 0) is 37.4 Å². The van der Waals surface area contributed by atoms with Crippen molar-refractivity contribution in [3.63, 3.8) is 0 Å². The Kier molecular flexibility index (Phi) is 4.99. The molecule has 1 aliphatic rings. The molecule has 2 unspecified atom stereocenters. The van der Waals surface area contributed by atoms with Crippen LogP contribution in [0.1, 0.15) is 44.2 Å². The van der Waals surface area contributed by atoms with Gasteiger partial charge in [0.1, 0.15) is 6.04 Å². The van der Waals surface area contributed by atoms with E-state index >= 15 is 0 Å². The fraction of sp³-hybridized carbons (Fsp3) is 0.533. The van der Waals surface area contributed by atoms with E-state index in [1.54, 1.807) is 0 Å². The van der Waals surface area contributed by atoms with E-state index in [0.717, 1.165) is 36.7 Å². The highest BCUT2D eigenvalue weighted by Crippen LogP contribution is 2.34. The van der Waals surface area contributed by atoms with Crippen molar-refractivity contribution in [2.45, 2.75) is 44.7 Å². The quantitative estimate of drug-likeness (QED) is 0.914. The highest BCUT2D eigenvalue weighted by Gasteiger charge is 2.33. The molecule has 0 amide bonds. The predicted molar refractivity (Wildman–Crippen MR) is 79.2 cm³/mol. The molecule has 1 aliphatic heterocycles. The number of rotatable bonds is 4. The van der Waals surface area contributed by atoms with E-state index in [-0.39, 0.29) is 12.1 Å². The SMILES string of the molecule is CCC(c1ccccc1Br)N1CCCCC1C(=O)O. The van der Waals surface area contributed by atoms with Crippen LogP contribution in [0.3, 0.4) is 0 Å². The van der Waals surface area contributed by atoms with Crippen LogP contribution >= 0.6 is 15.9 Å². The van der Waals surface area contributed by atoms with Crippen molar-refractivity contribution < 1.29 is 9.90 Å². The summed E-state index contributed by atoms with van der Waals surface area (Å²) < 4.78 is 1.07. The normalized spacial score (nSPS) is 22.1. The van der Waals surface area contributed by atoms with Gasteiger partial charge in [0.2, 0.25) is 0 Å². The lowest BCUT2D eigenvalue weighted by Gasteiger charge is -2.39. The average Bonchev–Trinajstić information content (AvgIpc) is 2.42. The molecule has 1 fully saturated rings. The Hall–Kier alpha value is -0.870. The van der Waals surface area contributed by atoms with E-state index in [0.29, 0.717) is 0 Å². The topological polar surface area (TPSA) is 40.5 Å². The number of benzene rings is 1. The molecule has 0 radical (unpaired) electrons. The monoisotopic (exact) mass is 325 g/mol. The molecule has 0 saturated carbocycles. The summed E-state index contributed by atoms with van der Waals surface area (Å²) in [6, 6.07) is 7.96. The molecule has 4 heteroatoms. The molecular formula is C15H20BrNO2. The molecule has 2 rings (SSSR count). The fourth-order valence-electron chi connectivity index (χ4n) is 2.97. The second-order valence-electron chi connectivity index (χ2n) is 5.03. The molecule has 3 nitrogen and oxygen atoms in total. The number of carboxylic acids is 1. The Balaban J connectivity index is 2.30. The number of aliphatic carboxylic acids is 1. The largest absolute Gasteiger partial charge is 0.480 e. The maximum Gasteiger partial charge on any atom is 0.320 e. The van der Waals surface area contributed by atoms with E-state index in [1.165, 1.54) is 5.56 Å². The summed E-state index contributed by atoms with van der Waals surface area (Å²) in [5, 5.41) is 9.42. The van der Waals surface area contributed by atoms with Gasteiger partial charge in [0.25, 0.3) is 0 Å². The smallest absolute Gasteiger partial charge is 0.320 e. The molecule has 0 aromatic heterocycles. The van der Waals surface area contributed by atoms with Gasteiger partial charge in [-0.15, -0.1) is 0 Å². The van der Waals surface area contributed by atoms with Gasteiger partial charge in [0, 0.05) is 10.5 Å². The summed E-state index contributed by atoms with van der Waals surface area (Å²) >= 11 is 3.59. The summed E-state index contributed by atoms with van der Waals surface area (Å²) in [6.07, 6.45) is 3.78. The number of halogens is 1. The van der Waals surface area contributed by atoms with Gasteiger partial charge in [-0.2, -0.15) is 0 Å². The first-order valence-corrected chi connectivity index (χ1v) is 7.67. The van der Waals surface area contributed by atoms with Crippen LogP contribution in [0.4, 0.5) is 0 Å². The maximum absolute atomic E-state index is 11.4. The minimum atomic E-state index is -0.690. The summed E-state index contributed by atoms with van der Waals surface area (Å²) in [7, 11) is 0. The molecule has 2 atom stereocenters. The van der Waals surface area contributed by atoms with E-state index in [1.807, 2.05) is 18.2 Å². The van der Waals surface area contributed by atoms with E-state index in [2.05, 4.69) is 33.8 Å². The molecular weight excluding hydrogens is 306 g/mol. The number of carboxylic acid groups (broad SMARTS) is 1. The predicted octanol–water partition coefficient (Wildman–Crippen LogP) is 3.84. The Labute approximate surface area is 122 Å². The lowest BCUT2D eigenvalue weighted by atomic mass is 9.95. The summed E-state index contributed by atoms with van der Waals surface area (Å²) in [6.45, 7) is 2.99. The highest BCUT2D eigenvalue weighted by atomic mass is 79.9. The molecule has 1 N–H and O–H groups in total. The zero-order valence-electron chi connectivity index (χ0n) is 11.2. The van der Waals surface area contributed by atoms with Crippen LogP contribution in [0.5, 0.6) is 0 Å². The third-order valence-electron chi connectivity index (χ3n) is 3.88. The molecule has 1 aromatic carbocycles. The van der Waals surface area contributed by atoms with Crippen molar-refractivity contribution in [1.82, 2.24) is 4.90 Å². The van der Waals surface area contributed by atoms with Gasteiger partial charge in [-0.25, -0.2) is 0 Å². The Morgan fingerprint density at radius 2 is 2.21 bits per heavy atom. The van der Waals surface area contributed by atoms with Crippen LogP contribution < -0.4 is 0 Å². The Morgan fingerprint density at radius 1 is 1.47 bits per heavy atom. The van der Waals surface area contributed by atoms with Crippen molar-refractivity contribution >= 4 is 21.9 Å². The van der Waals surface area contributed by atoms with Gasteiger partial charge < -0.3 is 5.11 Å². The molecule has 104 valence electrons. The molecule has 1 aromatic rings. The Bertz CT molecular complexity index is 450. The lowest BCUT2D eigenvalue weighted by Crippen LogP contribution is -2.46. The second kappa shape index (κ2) is 6.53. The van der Waals surface area contributed by atoms with Crippen molar-refractivity contribution in [3.8, 4) is 0 Å². The third-order valence-corrected chi connectivity index (χ3v) is 4.60. The van der Waals surface area contributed by atoms with Crippen LogP contribution in [-0.2, 0) is 4.79 Å². The molecule has 1 heterocycles. The standard InChI is InChI=1S/C15H20BrNO2/c1-2-13(11-7-3-4-8-12(11)16)17-10-6-5-9-14(17)15(18)19/h3-4,7-8,13-14H,2,5-6,9-10H2,1H3,(H,18,19).